The SMILES string of the molecule is C[C@H](NC(=O)Nc1ccncc1)c1ccc(S(N)(=O)=O)cc1. The summed E-state index contributed by atoms with van der Waals surface area (Å²) in [5, 5.41) is 10.5. The molecule has 0 aliphatic heterocycles. The van der Waals surface area contributed by atoms with Gasteiger partial charge in [0, 0.05) is 18.1 Å². The molecule has 22 heavy (non-hydrogen) atoms. The molecule has 0 aliphatic rings. The summed E-state index contributed by atoms with van der Waals surface area (Å²) in [5.41, 5.74) is 1.39. The zero-order valence-corrected chi connectivity index (χ0v) is 12.7. The lowest BCUT2D eigenvalue weighted by atomic mass is 10.1. The van der Waals surface area contributed by atoms with Gasteiger partial charge in [-0.1, -0.05) is 12.1 Å². The van der Waals surface area contributed by atoms with Crippen LogP contribution in [0.1, 0.15) is 18.5 Å². The molecule has 0 aliphatic carbocycles. The van der Waals surface area contributed by atoms with Crippen molar-refractivity contribution in [1.82, 2.24) is 10.3 Å². The standard InChI is InChI=1S/C14H16N4O3S/c1-10(11-2-4-13(5-3-11)22(15,20)21)17-14(19)18-12-6-8-16-9-7-12/h2-10H,1H3,(H2,15,20,21)(H2,16,17,18,19)/t10-/m0/s1. The fraction of sp³-hybridized carbons (Fsp3) is 0.143. The first kappa shape index (κ1) is 15.9. The summed E-state index contributed by atoms with van der Waals surface area (Å²) in [6.45, 7) is 1.79. The first-order chi connectivity index (χ1) is 10.4. The summed E-state index contributed by atoms with van der Waals surface area (Å²) in [5.74, 6) is 0. The van der Waals surface area contributed by atoms with Crippen molar-refractivity contribution in [2.45, 2.75) is 17.9 Å². The minimum atomic E-state index is -3.71. The molecule has 0 bridgehead atoms. The van der Waals surface area contributed by atoms with Gasteiger partial charge < -0.3 is 10.6 Å². The Labute approximate surface area is 128 Å². The minimum absolute atomic E-state index is 0.0321. The highest BCUT2D eigenvalue weighted by molar-refractivity contribution is 7.89. The van der Waals surface area contributed by atoms with Crippen LogP contribution in [0.25, 0.3) is 0 Å². The summed E-state index contributed by atoms with van der Waals surface area (Å²) in [6.07, 6.45) is 3.15. The van der Waals surface area contributed by atoms with Gasteiger partial charge >= 0.3 is 6.03 Å². The normalized spacial score (nSPS) is 12.5. The number of sulfonamides is 1. The van der Waals surface area contributed by atoms with Crippen LogP contribution in [0.2, 0.25) is 0 Å². The van der Waals surface area contributed by atoms with Crippen molar-refractivity contribution in [2.75, 3.05) is 5.32 Å². The Balaban J connectivity index is 2.00. The zero-order chi connectivity index (χ0) is 16.2. The van der Waals surface area contributed by atoms with Crippen LogP contribution in [0, 0.1) is 0 Å². The fourth-order valence-electron chi connectivity index (χ4n) is 1.83. The van der Waals surface area contributed by atoms with Crippen LogP contribution >= 0.6 is 0 Å². The Bertz CT molecular complexity index is 745. The molecule has 4 N–H and O–H groups in total. The number of nitrogens with two attached hydrogens (primary N) is 1. The number of benzene rings is 1. The van der Waals surface area contributed by atoms with Crippen molar-refractivity contribution in [1.29, 1.82) is 0 Å². The molecule has 2 rings (SSSR count). The van der Waals surface area contributed by atoms with Crippen molar-refractivity contribution >= 4 is 21.7 Å². The Kier molecular flexibility index (Phi) is 4.74. The summed E-state index contributed by atoms with van der Waals surface area (Å²) in [4.78, 5) is 15.8. The Morgan fingerprint density at radius 2 is 1.73 bits per heavy atom. The second-order valence-electron chi connectivity index (χ2n) is 4.67. The van der Waals surface area contributed by atoms with E-state index in [1.807, 2.05) is 0 Å². The van der Waals surface area contributed by atoms with E-state index < -0.39 is 10.0 Å². The van der Waals surface area contributed by atoms with Crippen LogP contribution in [0.3, 0.4) is 0 Å². The molecule has 0 spiro atoms. The van der Waals surface area contributed by atoms with E-state index in [0.29, 0.717) is 5.69 Å². The molecule has 1 aromatic heterocycles. The van der Waals surface area contributed by atoms with Crippen molar-refractivity contribution in [2.24, 2.45) is 5.14 Å². The van der Waals surface area contributed by atoms with Crippen LogP contribution < -0.4 is 15.8 Å². The number of aromatic nitrogens is 1. The first-order valence-electron chi connectivity index (χ1n) is 6.46. The zero-order valence-electron chi connectivity index (χ0n) is 11.9. The third kappa shape index (κ3) is 4.27. The van der Waals surface area contributed by atoms with Gasteiger partial charge in [-0.25, -0.2) is 18.4 Å². The Morgan fingerprint density at radius 1 is 1.14 bits per heavy atom. The van der Waals surface area contributed by atoms with E-state index in [1.54, 1.807) is 43.6 Å². The van der Waals surface area contributed by atoms with Crippen molar-refractivity contribution in [3.8, 4) is 0 Å². The maximum Gasteiger partial charge on any atom is 0.319 e. The molecule has 0 radical (unpaired) electrons. The minimum Gasteiger partial charge on any atom is -0.331 e. The molecule has 116 valence electrons. The molecule has 1 aromatic carbocycles. The highest BCUT2D eigenvalue weighted by Gasteiger charge is 2.12. The van der Waals surface area contributed by atoms with E-state index in [4.69, 9.17) is 5.14 Å². The topological polar surface area (TPSA) is 114 Å². The molecule has 2 amide bonds. The molecule has 0 saturated carbocycles. The third-order valence-electron chi connectivity index (χ3n) is 2.99. The molecule has 1 heterocycles. The van der Waals surface area contributed by atoms with Gasteiger partial charge in [0.2, 0.25) is 10.0 Å². The maximum atomic E-state index is 11.9. The molecule has 0 unspecified atom stereocenters. The number of nitrogens with zero attached hydrogens (tertiary/aromatic N) is 1. The predicted octanol–water partition coefficient (Wildman–Crippen LogP) is 1.61. The number of rotatable bonds is 4. The largest absolute Gasteiger partial charge is 0.331 e. The van der Waals surface area contributed by atoms with E-state index in [9.17, 15) is 13.2 Å². The van der Waals surface area contributed by atoms with Crippen LogP contribution in [-0.4, -0.2) is 19.4 Å². The number of carbonyl (C=O) groups is 1. The number of urea groups is 1. The molecule has 0 saturated heterocycles. The summed E-state index contributed by atoms with van der Waals surface area (Å²) in [6, 6.07) is 8.71. The molecule has 7 nitrogen and oxygen atoms in total. The lowest BCUT2D eigenvalue weighted by Gasteiger charge is -2.15. The predicted molar refractivity (Wildman–Crippen MR) is 82.6 cm³/mol. The first-order valence-corrected chi connectivity index (χ1v) is 8.01. The number of carbonyl (C=O) groups excluding carboxylic acids is 1. The molecule has 1 atom stereocenters. The lowest BCUT2D eigenvalue weighted by molar-refractivity contribution is 0.249. The molecule has 2 aromatic rings. The molecule has 8 heteroatoms. The number of hydrogen-bond acceptors (Lipinski definition) is 4. The van der Waals surface area contributed by atoms with Gasteiger partial charge in [0.25, 0.3) is 0 Å². The lowest BCUT2D eigenvalue weighted by Crippen LogP contribution is -2.31. The number of hydrogen-bond donors (Lipinski definition) is 3. The van der Waals surface area contributed by atoms with Gasteiger partial charge in [0.05, 0.1) is 10.9 Å². The van der Waals surface area contributed by atoms with Gasteiger partial charge in [-0.3, -0.25) is 4.98 Å². The quantitative estimate of drug-likeness (QED) is 0.794. The number of primary sulfonamides is 1. The average Bonchev–Trinajstić information content (AvgIpc) is 2.47. The monoisotopic (exact) mass is 320 g/mol. The maximum absolute atomic E-state index is 11.9. The summed E-state index contributed by atoms with van der Waals surface area (Å²) >= 11 is 0. The number of amides is 2. The Morgan fingerprint density at radius 3 is 2.27 bits per heavy atom. The van der Waals surface area contributed by atoms with Crippen molar-refractivity contribution in [3.63, 3.8) is 0 Å². The van der Waals surface area contributed by atoms with Gasteiger partial charge in [-0.15, -0.1) is 0 Å². The smallest absolute Gasteiger partial charge is 0.319 e. The van der Waals surface area contributed by atoms with Gasteiger partial charge in [-0.2, -0.15) is 0 Å². The second-order valence-corrected chi connectivity index (χ2v) is 6.23. The van der Waals surface area contributed by atoms with E-state index in [1.165, 1.54) is 12.1 Å². The Hall–Kier alpha value is -2.45. The highest BCUT2D eigenvalue weighted by Crippen LogP contribution is 2.15. The van der Waals surface area contributed by atoms with Crippen LogP contribution in [-0.2, 0) is 10.0 Å². The molecular weight excluding hydrogens is 304 g/mol. The second kappa shape index (κ2) is 6.54. The van der Waals surface area contributed by atoms with Crippen LogP contribution in [0.15, 0.2) is 53.7 Å². The summed E-state index contributed by atoms with van der Waals surface area (Å²) in [7, 11) is -3.71. The fourth-order valence-corrected chi connectivity index (χ4v) is 2.34. The van der Waals surface area contributed by atoms with Crippen molar-refractivity contribution in [3.05, 3.63) is 54.4 Å². The van der Waals surface area contributed by atoms with E-state index >= 15 is 0 Å². The van der Waals surface area contributed by atoms with Crippen LogP contribution in [0.5, 0.6) is 0 Å². The van der Waals surface area contributed by atoms with E-state index in [-0.39, 0.29) is 17.0 Å². The highest BCUT2D eigenvalue weighted by atomic mass is 32.2. The van der Waals surface area contributed by atoms with Gasteiger partial charge in [-0.05, 0) is 36.8 Å². The summed E-state index contributed by atoms with van der Waals surface area (Å²) < 4.78 is 22.4. The molecular formula is C14H16N4O3S. The van der Waals surface area contributed by atoms with Gasteiger partial charge in [0.15, 0.2) is 0 Å². The van der Waals surface area contributed by atoms with Crippen LogP contribution in [0.4, 0.5) is 10.5 Å². The number of anilines is 1. The van der Waals surface area contributed by atoms with E-state index in [0.717, 1.165) is 5.56 Å². The third-order valence-corrected chi connectivity index (χ3v) is 3.92. The van der Waals surface area contributed by atoms with E-state index in [2.05, 4.69) is 15.6 Å². The van der Waals surface area contributed by atoms with Gasteiger partial charge in [0.1, 0.15) is 0 Å². The number of pyridine rings is 1. The molecule has 0 fully saturated rings. The number of nitrogens with one attached hydrogen (secondary N) is 2. The van der Waals surface area contributed by atoms with Crippen molar-refractivity contribution < 1.29 is 13.2 Å². The average molecular weight is 320 g/mol.